The lowest BCUT2D eigenvalue weighted by atomic mass is 10.0. The fourth-order valence-electron chi connectivity index (χ4n) is 1.74. The number of hydrogen-bond donors (Lipinski definition) is 1. The quantitative estimate of drug-likeness (QED) is 0.447. The molecule has 3 nitrogen and oxygen atoms in total. The van der Waals surface area contributed by atoms with Crippen molar-refractivity contribution in [2.45, 2.75) is 77.7 Å². The van der Waals surface area contributed by atoms with Crippen molar-refractivity contribution in [1.29, 1.82) is 0 Å². The first-order valence-corrected chi connectivity index (χ1v) is 6.88. The summed E-state index contributed by atoms with van der Waals surface area (Å²) < 4.78 is 0. The van der Waals surface area contributed by atoms with E-state index in [2.05, 4.69) is 6.92 Å². The summed E-state index contributed by atoms with van der Waals surface area (Å²) in [5, 5.41) is 9.23. The first kappa shape index (κ1) is 16.3. The van der Waals surface area contributed by atoms with E-state index in [1.807, 2.05) is 0 Å². The largest absolute Gasteiger partial charge is 0.385 e. The molecule has 3 heteroatoms. The van der Waals surface area contributed by atoms with Gasteiger partial charge in [-0.1, -0.05) is 52.4 Å². The van der Waals surface area contributed by atoms with Crippen LogP contribution in [0, 0.1) is 0 Å². The second-order valence-corrected chi connectivity index (χ2v) is 4.58. The van der Waals surface area contributed by atoms with Crippen LogP contribution in [-0.4, -0.2) is 22.8 Å². The molecule has 0 amide bonds. The van der Waals surface area contributed by atoms with E-state index in [-0.39, 0.29) is 0 Å². The molecule has 0 aliphatic rings. The van der Waals surface area contributed by atoms with Crippen LogP contribution in [0.2, 0.25) is 0 Å². The fraction of sp³-hybridized carbons (Fsp3) is 0.857. The molecule has 1 atom stereocenters. The average molecular weight is 242 g/mol. The zero-order chi connectivity index (χ0) is 13.1. The SMILES string of the molecule is CCCCCCCCCC(=O)C(=O)C(O)CC. The number of carbonyl (C=O) groups is 2. The molecule has 0 radical (unpaired) electrons. The van der Waals surface area contributed by atoms with E-state index in [1.54, 1.807) is 6.92 Å². The van der Waals surface area contributed by atoms with E-state index >= 15 is 0 Å². The zero-order valence-corrected chi connectivity index (χ0v) is 11.2. The summed E-state index contributed by atoms with van der Waals surface area (Å²) in [7, 11) is 0. The van der Waals surface area contributed by atoms with Crippen molar-refractivity contribution in [2.75, 3.05) is 0 Å². The third-order valence-corrected chi connectivity index (χ3v) is 2.97. The molecular formula is C14H26O3. The lowest BCUT2D eigenvalue weighted by Crippen LogP contribution is -2.27. The molecule has 0 bridgehead atoms. The molecule has 0 aromatic carbocycles. The summed E-state index contributed by atoms with van der Waals surface area (Å²) in [5.74, 6) is -1.02. The van der Waals surface area contributed by atoms with Gasteiger partial charge < -0.3 is 5.11 Å². The van der Waals surface area contributed by atoms with Gasteiger partial charge in [-0.05, 0) is 12.8 Å². The molecule has 0 saturated heterocycles. The van der Waals surface area contributed by atoms with Gasteiger partial charge in [0.1, 0.15) is 6.10 Å². The molecule has 0 aromatic heterocycles. The zero-order valence-electron chi connectivity index (χ0n) is 11.2. The van der Waals surface area contributed by atoms with E-state index in [1.165, 1.54) is 25.7 Å². The Labute approximate surface area is 105 Å². The van der Waals surface area contributed by atoms with Crippen LogP contribution in [0.4, 0.5) is 0 Å². The molecular weight excluding hydrogens is 216 g/mol. The molecule has 17 heavy (non-hydrogen) atoms. The standard InChI is InChI=1S/C14H26O3/c1-3-5-6-7-8-9-10-11-13(16)14(17)12(15)4-2/h12,15H,3-11H2,1-2H3. The highest BCUT2D eigenvalue weighted by Crippen LogP contribution is 2.09. The number of carbonyl (C=O) groups excluding carboxylic acids is 2. The normalized spacial score (nSPS) is 12.4. The maximum absolute atomic E-state index is 11.4. The van der Waals surface area contributed by atoms with Crippen LogP contribution in [0.5, 0.6) is 0 Å². The van der Waals surface area contributed by atoms with Gasteiger partial charge in [-0.3, -0.25) is 9.59 Å². The van der Waals surface area contributed by atoms with Crippen LogP contribution in [0.15, 0.2) is 0 Å². The van der Waals surface area contributed by atoms with Gasteiger partial charge in [-0.25, -0.2) is 0 Å². The topological polar surface area (TPSA) is 54.4 Å². The number of unbranched alkanes of at least 4 members (excludes halogenated alkanes) is 6. The number of rotatable bonds is 11. The molecule has 100 valence electrons. The Morgan fingerprint density at radius 1 is 0.941 bits per heavy atom. The molecule has 0 spiro atoms. The summed E-state index contributed by atoms with van der Waals surface area (Å²) in [5.41, 5.74) is 0. The first-order valence-electron chi connectivity index (χ1n) is 6.88. The molecule has 1 N–H and O–H groups in total. The fourth-order valence-corrected chi connectivity index (χ4v) is 1.74. The summed E-state index contributed by atoms with van der Waals surface area (Å²) in [6, 6.07) is 0. The number of aliphatic hydroxyl groups excluding tert-OH is 1. The smallest absolute Gasteiger partial charge is 0.226 e. The van der Waals surface area contributed by atoms with Gasteiger partial charge in [0, 0.05) is 6.42 Å². The lowest BCUT2D eigenvalue weighted by Gasteiger charge is -2.05. The molecule has 0 heterocycles. The second-order valence-electron chi connectivity index (χ2n) is 4.58. The Balaban J connectivity index is 3.48. The average Bonchev–Trinajstić information content (AvgIpc) is 2.35. The van der Waals surface area contributed by atoms with Gasteiger partial charge in [0.05, 0.1) is 0 Å². The number of Topliss-reactive ketones (excluding diaryl/α,β-unsaturated/α-hetero) is 2. The third kappa shape index (κ3) is 8.08. The number of ketones is 2. The minimum Gasteiger partial charge on any atom is -0.385 e. The van der Waals surface area contributed by atoms with E-state index in [9.17, 15) is 14.7 Å². The minimum absolute atomic E-state index is 0.295. The maximum Gasteiger partial charge on any atom is 0.226 e. The van der Waals surface area contributed by atoms with E-state index in [0.29, 0.717) is 12.8 Å². The Hall–Kier alpha value is -0.700. The van der Waals surface area contributed by atoms with E-state index in [0.717, 1.165) is 19.3 Å². The van der Waals surface area contributed by atoms with Crippen molar-refractivity contribution in [3.05, 3.63) is 0 Å². The molecule has 0 fully saturated rings. The summed E-state index contributed by atoms with van der Waals surface area (Å²) in [4.78, 5) is 22.6. The monoisotopic (exact) mass is 242 g/mol. The Morgan fingerprint density at radius 3 is 2.00 bits per heavy atom. The van der Waals surface area contributed by atoms with Gasteiger partial charge in [0.2, 0.25) is 11.6 Å². The van der Waals surface area contributed by atoms with Crippen molar-refractivity contribution in [2.24, 2.45) is 0 Å². The third-order valence-electron chi connectivity index (χ3n) is 2.97. The maximum atomic E-state index is 11.4. The molecule has 0 saturated carbocycles. The number of aliphatic hydroxyl groups is 1. The predicted octanol–water partition coefficient (Wildman–Crippen LogP) is 3.04. The highest BCUT2D eigenvalue weighted by atomic mass is 16.3. The van der Waals surface area contributed by atoms with Crippen molar-refractivity contribution in [1.82, 2.24) is 0 Å². The predicted molar refractivity (Wildman–Crippen MR) is 68.9 cm³/mol. The van der Waals surface area contributed by atoms with Crippen LogP contribution in [0.3, 0.4) is 0 Å². The van der Waals surface area contributed by atoms with Gasteiger partial charge in [-0.2, -0.15) is 0 Å². The highest BCUT2D eigenvalue weighted by Gasteiger charge is 2.20. The highest BCUT2D eigenvalue weighted by molar-refractivity contribution is 6.38. The molecule has 1 unspecified atom stereocenters. The van der Waals surface area contributed by atoms with Crippen molar-refractivity contribution < 1.29 is 14.7 Å². The van der Waals surface area contributed by atoms with Gasteiger partial charge in [-0.15, -0.1) is 0 Å². The van der Waals surface area contributed by atoms with E-state index in [4.69, 9.17) is 0 Å². The Kier molecular flexibility index (Phi) is 10.0. The summed E-state index contributed by atoms with van der Waals surface area (Å²) in [6.45, 7) is 3.88. The van der Waals surface area contributed by atoms with Crippen molar-refractivity contribution in [3.63, 3.8) is 0 Å². The van der Waals surface area contributed by atoms with Crippen LogP contribution in [0.1, 0.15) is 71.6 Å². The Morgan fingerprint density at radius 2 is 1.47 bits per heavy atom. The van der Waals surface area contributed by atoms with Crippen LogP contribution >= 0.6 is 0 Å². The number of hydrogen-bond acceptors (Lipinski definition) is 3. The van der Waals surface area contributed by atoms with Gasteiger partial charge in [0.15, 0.2) is 0 Å². The molecule has 0 aromatic rings. The van der Waals surface area contributed by atoms with Crippen molar-refractivity contribution in [3.8, 4) is 0 Å². The van der Waals surface area contributed by atoms with Gasteiger partial charge in [0.25, 0.3) is 0 Å². The molecule has 0 aliphatic carbocycles. The van der Waals surface area contributed by atoms with Gasteiger partial charge >= 0.3 is 0 Å². The van der Waals surface area contributed by atoms with E-state index < -0.39 is 17.7 Å². The Bertz CT molecular complexity index is 224. The van der Waals surface area contributed by atoms with Crippen LogP contribution in [0.25, 0.3) is 0 Å². The minimum atomic E-state index is -1.09. The molecule has 0 rings (SSSR count). The lowest BCUT2D eigenvalue weighted by molar-refractivity contribution is -0.141. The summed E-state index contributed by atoms with van der Waals surface area (Å²) in [6.07, 6.45) is 7.43. The first-order chi connectivity index (χ1) is 8.13. The summed E-state index contributed by atoms with van der Waals surface area (Å²) >= 11 is 0. The van der Waals surface area contributed by atoms with Crippen LogP contribution in [-0.2, 0) is 9.59 Å². The van der Waals surface area contributed by atoms with Crippen molar-refractivity contribution >= 4 is 11.6 Å². The second kappa shape index (κ2) is 10.5. The van der Waals surface area contributed by atoms with Crippen LogP contribution < -0.4 is 0 Å². The molecule has 0 aliphatic heterocycles.